The maximum atomic E-state index is 5.81. The fourth-order valence-corrected chi connectivity index (χ4v) is 3.27. The summed E-state index contributed by atoms with van der Waals surface area (Å²) in [5, 5.41) is 0. The monoisotopic (exact) mass is 357 g/mol. The predicted molar refractivity (Wildman–Crippen MR) is 90.5 cm³/mol. The molecule has 0 unspecified atom stereocenters. The quantitative estimate of drug-likeness (QED) is 0.732. The normalized spacial score (nSPS) is 18.3. The fourth-order valence-electron chi connectivity index (χ4n) is 2.15. The van der Waals surface area contributed by atoms with Gasteiger partial charge in [0.2, 0.25) is 0 Å². The van der Waals surface area contributed by atoms with Crippen molar-refractivity contribution in [3.8, 4) is 11.5 Å². The number of benzene rings is 1. The minimum absolute atomic E-state index is 0.448. The Hall–Kier alpha value is -1.19. The Kier molecular flexibility index (Phi) is 6.23. The molecule has 0 amide bonds. The highest BCUT2D eigenvalue weighted by atomic mass is 32.1. The van der Waals surface area contributed by atoms with Gasteiger partial charge < -0.3 is 28.7 Å². The molecule has 6 nitrogen and oxygen atoms in total. The van der Waals surface area contributed by atoms with Crippen LogP contribution in [0.25, 0.3) is 10.2 Å². The van der Waals surface area contributed by atoms with Crippen molar-refractivity contribution in [2.45, 2.75) is 0 Å². The van der Waals surface area contributed by atoms with Crippen LogP contribution in [0.2, 0.25) is 0 Å². The van der Waals surface area contributed by atoms with Gasteiger partial charge in [-0.05, 0) is 12.2 Å². The Morgan fingerprint density at radius 2 is 1.30 bits per heavy atom. The zero-order valence-electron chi connectivity index (χ0n) is 12.7. The van der Waals surface area contributed by atoms with E-state index in [4.69, 9.17) is 35.9 Å². The predicted octanol–water partition coefficient (Wildman–Crippen LogP) is 2.78. The maximum absolute atomic E-state index is 5.81. The van der Waals surface area contributed by atoms with E-state index in [1.54, 1.807) is 0 Å². The van der Waals surface area contributed by atoms with E-state index in [0.29, 0.717) is 64.4 Å². The molecule has 0 bridgehead atoms. The van der Waals surface area contributed by atoms with Crippen LogP contribution in [0.5, 0.6) is 11.5 Å². The summed E-state index contributed by atoms with van der Waals surface area (Å²) in [4.78, 5) is 3.15. The van der Waals surface area contributed by atoms with Crippen LogP contribution in [0.4, 0.5) is 0 Å². The van der Waals surface area contributed by atoms with Gasteiger partial charge in [-0.15, -0.1) is 11.3 Å². The van der Waals surface area contributed by atoms with Crippen molar-refractivity contribution >= 4 is 33.8 Å². The fraction of sp³-hybridized carbons (Fsp3) is 0.533. The van der Waals surface area contributed by atoms with Crippen molar-refractivity contribution < 1.29 is 23.7 Å². The van der Waals surface area contributed by atoms with Crippen molar-refractivity contribution in [3.05, 3.63) is 16.1 Å². The molecule has 1 aliphatic heterocycles. The average molecular weight is 357 g/mol. The standard InChI is InChI=1S/C15H19NO5S2/c22-15-16-11-9-12-13(10-14(11)23-15)21-8-6-19-4-2-17-1-3-18-5-7-20-12/h9-10H,1-8H2,(H,16,22). The number of ether oxygens (including phenoxy) is 5. The second-order valence-electron chi connectivity index (χ2n) is 4.84. The van der Waals surface area contributed by atoms with Crippen LogP contribution in [0.1, 0.15) is 0 Å². The molecule has 2 aromatic rings. The summed E-state index contributed by atoms with van der Waals surface area (Å²) in [6.45, 7) is 4.11. The van der Waals surface area contributed by atoms with Gasteiger partial charge in [-0.1, -0.05) is 0 Å². The molecule has 1 N–H and O–H groups in total. The van der Waals surface area contributed by atoms with Gasteiger partial charge in [0.25, 0.3) is 0 Å². The lowest BCUT2D eigenvalue weighted by atomic mass is 10.3. The summed E-state index contributed by atoms with van der Waals surface area (Å²) in [7, 11) is 0. The van der Waals surface area contributed by atoms with Gasteiger partial charge in [0.15, 0.2) is 15.5 Å². The van der Waals surface area contributed by atoms with Crippen molar-refractivity contribution in [1.82, 2.24) is 4.98 Å². The molecule has 0 spiro atoms. The number of H-pyrrole nitrogens is 1. The molecule has 1 aliphatic rings. The van der Waals surface area contributed by atoms with E-state index in [0.717, 1.165) is 14.2 Å². The number of hydrogen-bond donors (Lipinski definition) is 1. The first-order chi connectivity index (χ1) is 11.3. The molecule has 0 saturated carbocycles. The molecule has 0 radical (unpaired) electrons. The zero-order valence-corrected chi connectivity index (χ0v) is 14.3. The van der Waals surface area contributed by atoms with Crippen LogP contribution in [-0.2, 0) is 14.2 Å². The van der Waals surface area contributed by atoms with Crippen LogP contribution >= 0.6 is 23.6 Å². The van der Waals surface area contributed by atoms with Gasteiger partial charge in [-0.25, -0.2) is 0 Å². The lowest BCUT2D eigenvalue weighted by molar-refractivity contribution is 0.00708. The highest BCUT2D eigenvalue weighted by Crippen LogP contribution is 2.34. The second-order valence-corrected chi connectivity index (χ2v) is 6.56. The Morgan fingerprint density at radius 1 is 0.783 bits per heavy atom. The highest BCUT2D eigenvalue weighted by molar-refractivity contribution is 7.73. The van der Waals surface area contributed by atoms with E-state index in [9.17, 15) is 0 Å². The number of hydrogen-bond acceptors (Lipinski definition) is 7. The number of thiazole rings is 1. The van der Waals surface area contributed by atoms with Gasteiger partial charge >= 0.3 is 0 Å². The third-order valence-electron chi connectivity index (χ3n) is 3.20. The summed E-state index contributed by atoms with van der Waals surface area (Å²) in [6, 6.07) is 3.86. The number of rotatable bonds is 0. The average Bonchev–Trinajstić information content (AvgIpc) is 2.89. The van der Waals surface area contributed by atoms with Gasteiger partial charge in [-0.2, -0.15) is 0 Å². The Labute approximate surface area is 143 Å². The lowest BCUT2D eigenvalue weighted by Crippen LogP contribution is -2.13. The first-order valence-corrected chi connectivity index (χ1v) is 8.71. The SMILES string of the molecule is S=c1[nH]c2cc3c(cc2s1)OCCOCCOCCOCCO3. The maximum Gasteiger partial charge on any atom is 0.163 e. The first kappa shape index (κ1) is 16.7. The molecule has 23 heavy (non-hydrogen) atoms. The molecule has 1 aromatic heterocycles. The molecule has 1 aromatic carbocycles. The number of fused-ring (bicyclic) bond motifs is 2. The summed E-state index contributed by atoms with van der Waals surface area (Å²) in [5.74, 6) is 1.37. The van der Waals surface area contributed by atoms with Gasteiger partial charge in [-0.3, -0.25) is 0 Å². The molecule has 0 fully saturated rings. The van der Waals surface area contributed by atoms with Crippen LogP contribution < -0.4 is 9.47 Å². The third kappa shape index (κ3) is 4.89. The van der Waals surface area contributed by atoms with Crippen LogP contribution in [0.15, 0.2) is 12.1 Å². The number of aromatic amines is 1. The molecular formula is C15H19NO5S2. The largest absolute Gasteiger partial charge is 0.487 e. The minimum atomic E-state index is 0.448. The van der Waals surface area contributed by atoms with E-state index in [2.05, 4.69) is 4.98 Å². The van der Waals surface area contributed by atoms with Crippen LogP contribution in [-0.4, -0.2) is 57.8 Å². The minimum Gasteiger partial charge on any atom is -0.487 e. The van der Waals surface area contributed by atoms with E-state index >= 15 is 0 Å². The summed E-state index contributed by atoms with van der Waals surface area (Å²) < 4.78 is 29.7. The van der Waals surface area contributed by atoms with E-state index in [1.165, 1.54) is 11.3 Å². The van der Waals surface area contributed by atoms with Crippen LogP contribution in [0, 0.1) is 3.95 Å². The van der Waals surface area contributed by atoms with Gasteiger partial charge in [0.05, 0.1) is 49.9 Å². The molecule has 0 atom stereocenters. The topological polar surface area (TPSA) is 61.9 Å². The van der Waals surface area contributed by atoms with E-state index < -0.39 is 0 Å². The molecule has 8 heteroatoms. The van der Waals surface area contributed by atoms with E-state index in [-0.39, 0.29) is 0 Å². The Morgan fingerprint density at radius 3 is 1.91 bits per heavy atom. The first-order valence-electron chi connectivity index (χ1n) is 7.48. The second kappa shape index (κ2) is 8.60. The number of aromatic nitrogens is 1. The van der Waals surface area contributed by atoms with Gasteiger partial charge in [0, 0.05) is 12.1 Å². The molecular weight excluding hydrogens is 338 g/mol. The third-order valence-corrected chi connectivity index (χ3v) is 4.40. The van der Waals surface area contributed by atoms with Crippen molar-refractivity contribution in [2.24, 2.45) is 0 Å². The molecule has 3 rings (SSSR count). The molecule has 2 heterocycles. The summed E-state index contributed by atoms with van der Waals surface area (Å²) in [5.41, 5.74) is 0.950. The zero-order chi connectivity index (χ0) is 15.9. The smallest absolute Gasteiger partial charge is 0.163 e. The van der Waals surface area contributed by atoms with Gasteiger partial charge in [0.1, 0.15) is 13.2 Å². The number of nitrogens with one attached hydrogen (secondary N) is 1. The molecule has 126 valence electrons. The Bertz CT molecular complexity index is 630. The summed E-state index contributed by atoms with van der Waals surface area (Å²) >= 11 is 6.71. The lowest BCUT2D eigenvalue weighted by Gasteiger charge is -2.13. The van der Waals surface area contributed by atoms with Crippen molar-refractivity contribution in [3.63, 3.8) is 0 Å². The van der Waals surface area contributed by atoms with E-state index in [1.807, 2.05) is 12.1 Å². The van der Waals surface area contributed by atoms with Crippen LogP contribution in [0.3, 0.4) is 0 Å². The highest BCUT2D eigenvalue weighted by Gasteiger charge is 2.10. The van der Waals surface area contributed by atoms with Crippen molar-refractivity contribution in [2.75, 3.05) is 52.9 Å². The van der Waals surface area contributed by atoms with Crippen molar-refractivity contribution in [1.29, 1.82) is 0 Å². The summed E-state index contributed by atoms with van der Waals surface area (Å²) in [6.07, 6.45) is 0. The molecule has 0 aliphatic carbocycles. The Balaban J connectivity index is 1.75. The molecule has 0 saturated heterocycles.